The Hall–Kier alpha value is -2.82. The molecule has 1 amide bonds. The van der Waals surface area contributed by atoms with Crippen molar-refractivity contribution >= 4 is 23.3 Å². The third kappa shape index (κ3) is 4.59. The van der Waals surface area contributed by atoms with Gasteiger partial charge >= 0.3 is 5.97 Å². The minimum absolute atomic E-state index is 0.318. The smallest absolute Gasteiger partial charge is 0.338 e. The van der Waals surface area contributed by atoms with Gasteiger partial charge < -0.3 is 15.0 Å². The van der Waals surface area contributed by atoms with Crippen LogP contribution in [0.4, 0.5) is 11.4 Å². The lowest BCUT2D eigenvalue weighted by atomic mass is 10.1. The van der Waals surface area contributed by atoms with Gasteiger partial charge in [0, 0.05) is 25.5 Å². The summed E-state index contributed by atoms with van der Waals surface area (Å²) in [5.74, 6) is -0.882. The Kier molecular flexibility index (Phi) is 5.58. The van der Waals surface area contributed by atoms with E-state index in [9.17, 15) is 9.59 Å². The number of hydrogen-bond donors (Lipinski definition) is 1. The van der Waals surface area contributed by atoms with Crippen molar-refractivity contribution in [2.45, 2.75) is 13.8 Å². The first kappa shape index (κ1) is 17.5. The van der Waals surface area contributed by atoms with Crippen LogP contribution in [0.2, 0.25) is 0 Å². The Balaban J connectivity index is 1.88. The molecule has 5 nitrogen and oxygen atoms in total. The van der Waals surface area contributed by atoms with E-state index in [1.165, 1.54) is 0 Å². The zero-order valence-electron chi connectivity index (χ0n) is 14.4. The molecule has 0 saturated carbocycles. The molecule has 2 aromatic carbocycles. The first-order valence-corrected chi connectivity index (χ1v) is 7.68. The largest absolute Gasteiger partial charge is 0.452 e. The molecule has 24 heavy (non-hydrogen) atoms. The second kappa shape index (κ2) is 7.64. The van der Waals surface area contributed by atoms with E-state index in [0.717, 1.165) is 16.8 Å². The summed E-state index contributed by atoms with van der Waals surface area (Å²) in [5, 5.41) is 2.72. The SMILES string of the molecule is Cc1ccc(NC(=O)COC(=O)c2ccc(N(C)C)cc2)cc1C. The maximum atomic E-state index is 12.0. The normalized spacial score (nSPS) is 10.2. The number of amides is 1. The van der Waals surface area contributed by atoms with E-state index in [4.69, 9.17) is 4.74 Å². The number of ether oxygens (including phenoxy) is 1. The van der Waals surface area contributed by atoms with Crippen molar-refractivity contribution in [3.63, 3.8) is 0 Å². The predicted molar refractivity (Wildman–Crippen MR) is 95.6 cm³/mol. The highest BCUT2D eigenvalue weighted by atomic mass is 16.5. The van der Waals surface area contributed by atoms with Crippen molar-refractivity contribution in [1.29, 1.82) is 0 Å². The van der Waals surface area contributed by atoms with Crippen LogP contribution >= 0.6 is 0 Å². The van der Waals surface area contributed by atoms with Crippen LogP contribution in [-0.4, -0.2) is 32.6 Å². The molecule has 2 aromatic rings. The van der Waals surface area contributed by atoms with E-state index in [1.807, 2.05) is 63.2 Å². The number of hydrogen-bond acceptors (Lipinski definition) is 4. The third-order valence-electron chi connectivity index (χ3n) is 3.74. The number of nitrogens with one attached hydrogen (secondary N) is 1. The summed E-state index contributed by atoms with van der Waals surface area (Å²) < 4.78 is 5.05. The molecule has 0 aliphatic carbocycles. The lowest BCUT2D eigenvalue weighted by molar-refractivity contribution is -0.119. The van der Waals surface area contributed by atoms with Crippen LogP contribution in [0.3, 0.4) is 0 Å². The van der Waals surface area contributed by atoms with Gasteiger partial charge in [-0.25, -0.2) is 4.79 Å². The van der Waals surface area contributed by atoms with E-state index in [1.54, 1.807) is 12.1 Å². The van der Waals surface area contributed by atoms with Gasteiger partial charge in [-0.05, 0) is 61.4 Å². The lowest BCUT2D eigenvalue weighted by Gasteiger charge is -2.12. The Bertz CT molecular complexity index is 737. The molecule has 0 bridgehead atoms. The average molecular weight is 326 g/mol. The van der Waals surface area contributed by atoms with Gasteiger partial charge in [0.15, 0.2) is 6.61 Å². The second-order valence-corrected chi connectivity index (χ2v) is 5.86. The van der Waals surface area contributed by atoms with Crippen LogP contribution in [0, 0.1) is 13.8 Å². The molecule has 0 unspecified atom stereocenters. The van der Waals surface area contributed by atoms with Crippen LogP contribution in [-0.2, 0) is 9.53 Å². The zero-order chi connectivity index (χ0) is 17.7. The highest BCUT2D eigenvalue weighted by molar-refractivity contribution is 5.95. The first-order valence-electron chi connectivity index (χ1n) is 7.68. The number of rotatable bonds is 5. The molecule has 0 atom stereocenters. The van der Waals surface area contributed by atoms with E-state index < -0.39 is 5.97 Å². The Labute approximate surface area is 142 Å². The highest BCUT2D eigenvalue weighted by Gasteiger charge is 2.11. The van der Waals surface area contributed by atoms with Crippen LogP contribution in [0.25, 0.3) is 0 Å². The molecule has 0 aromatic heterocycles. The molecule has 1 N–H and O–H groups in total. The molecule has 0 aliphatic rings. The molecule has 5 heteroatoms. The molecule has 2 rings (SSSR count). The Morgan fingerprint density at radius 3 is 2.25 bits per heavy atom. The maximum Gasteiger partial charge on any atom is 0.338 e. The summed E-state index contributed by atoms with van der Waals surface area (Å²) in [6.07, 6.45) is 0. The molecule has 0 aliphatic heterocycles. The van der Waals surface area contributed by atoms with Crippen molar-refractivity contribution in [3.05, 3.63) is 59.2 Å². The number of nitrogens with zero attached hydrogens (tertiary/aromatic N) is 1. The fourth-order valence-corrected chi connectivity index (χ4v) is 2.13. The zero-order valence-corrected chi connectivity index (χ0v) is 14.4. The second-order valence-electron chi connectivity index (χ2n) is 5.86. The minimum atomic E-state index is -0.518. The predicted octanol–water partition coefficient (Wildman–Crippen LogP) is 3.16. The molecule has 0 heterocycles. The monoisotopic (exact) mass is 326 g/mol. The van der Waals surface area contributed by atoms with Crippen molar-refractivity contribution < 1.29 is 14.3 Å². The molecule has 126 valence electrons. The highest BCUT2D eigenvalue weighted by Crippen LogP contribution is 2.15. The third-order valence-corrected chi connectivity index (χ3v) is 3.74. The lowest BCUT2D eigenvalue weighted by Crippen LogP contribution is -2.21. The Morgan fingerprint density at radius 1 is 1.00 bits per heavy atom. The van der Waals surface area contributed by atoms with Gasteiger partial charge in [-0.1, -0.05) is 6.07 Å². The van der Waals surface area contributed by atoms with Gasteiger partial charge in [0.2, 0.25) is 0 Å². The summed E-state index contributed by atoms with van der Waals surface area (Å²) in [4.78, 5) is 25.8. The molecular formula is C19H22N2O3. The first-order chi connectivity index (χ1) is 11.4. The summed E-state index contributed by atoms with van der Waals surface area (Å²) in [7, 11) is 3.84. The Morgan fingerprint density at radius 2 is 1.67 bits per heavy atom. The quantitative estimate of drug-likeness (QED) is 0.858. The van der Waals surface area contributed by atoms with Crippen molar-refractivity contribution in [1.82, 2.24) is 0 Å². The maximum absolute atomic E-state index is 12.0. The van der Waals surface area contributed by atoms with Crippen LogP contribution in [0.15, 0.2) is 42.5 Å². The topological polar surface area (TPSA) is 58.6 Å². The number of benzene rings is 2. The van der Waals surface area contributed by atoms with Gasteiger partial charge in [0.05, 0.1) is 5.56 Å². The van der Waals surface area contributed by atoms with Crippen LogP contribution < -0.4 is 10.2 Å². The number of carbonyl (C=O) groups is 2. The van der Waals surface area contributed by atoms with Gasteiger partial charge in [-0.15, -0.1) is 0 Å². The van der Waals surface area contributed by atoms with E-state index in [0.29, 0.717) is 11.3 Å². The number of aryl methyl sites for hydroxylation is 2. The van der Waals surface area contributed by atoms with Gasteiger partial charge in [-0.2, -0.15) is 0 Å². The minimum Gasteiger partial charge on any atom is -0.452 e. The summed E-state index contributed by atoms with van der Waals surface area (Å²) >= 11 is 0. The average Bonchev–Trinajstić information content (AvgIpc) is 2.56. The summed E-state index contributed by atoms with van der Waals surface area (Å²) in [5.41, 5.74) is 4.33. The number of carbonyl (C=O) groups excluding carboxylic acids is 2. The van der Waals surface area contributed by atoms with Crippen molar-refractivity contribution in [3.8, 4) is 0 Å². The fraction of sp³-hybridized carbons (Fsp3) is 0.263. The van der Waals surface area contributed by atoms with Gasteiger partial charge in [0.25, 0.3) is 5.91 Å². The molecular weight excluding hydrogens is 304 g/mol. The molecule has 0 fully saturated rings. The number of anilines is 2. The summed E-state index contributed by atoms with van der Waals surface area (Å²) in [6.45, 7) is 3.66. The van der Waals surface area contributed by atoms with E-state index in [2.05, 4.69) is 5.32 Å². The summed E-state index contributed by atoms with van der Waals surface area (Å²) in [6, 6.07) is 12.6. The fourth-order valence-electron chi connectivity index (χ4n) is 2.13. The standard InChI is InChI=1S/C19H22N2O3/c1-13-5-8-16(11-14(13)2)20-18(22)12-24-19(23)15-6-9-17(10-7-15)21(3)4/h5-11H,12H2,1-4H3,(H,20,22). The van der Waals surface area contributed by atoms with E-state index in [-0.39, 0.29) is 12.5 Å². The molecule has 0 radical (unpaired) electrons. The van der Waals surface area contributed by atoms with Crippen LogP contribution in [0.5, 0.6) is 0 Å². The van der Waals surface area contributed by atoms with Crippen LogP contribution in [0.1, 0.15) is 21.5 Å². The van der Waals surface area contributed by atoms with E-state index >= 15 is 0 Å². The molecule has 0 spiro atoms. The van der Waals surface area contributed by atoms with Gasteiger partial charge in [-0.3, -0.25) is 4.79 Å². The number of esters is 1. The van der Waals surface area contributed by atoms with Crippen molar-refractivity contribution in [2.24, 2.45) is 0 Å². The van der Waals surface area contributed by atoms with Gasteiger partial charge in [0.1, 0.15) is 0 Å². The van der Waals surface area contributed by atoms with Crippen molar-refractivity contribution in [2.75, 3.05) is 30.9 Å². The molecule has 0 saturated heterocycles.